The normalized spacial score (nSPS) is 14.4. The van der Waals surface area contributed by atoms with Crippen molar-refractivity contribution in [2.45, 2.75) is 130 Å². The number of halogens is 1. The zero-order valence-electron chi connectivity index (χ0n) is 28.8. The molecule has 1 atom stereocenters. The van der Waals surface area contributed by atoms with Crippen molar-refractivity contribution < 1.29 is 14.6 Å². The maximum absolute atomic E-state index is 14.2. The van der Waals surface area contributed by atoms with Crippen molar-refractivity contribution in [3.05, 3.63) is 99.4 Å². The van der Waals surface area contributed by atoms with Crippen molar-refractivity contribution in [3.63, 3.8) is 0 Å². The second kappa shape index (κ2) is 11.8. The molecule has 3 nitrogen and oxygen atoms in total. The van der Waals surface area contributed by atoms with Crippen molar-refractivity contribution in [1.29, 1.82) is 0 Å². The van der Waals surface area contributed by atoms with E-state index in [4.69, 9.17) is 4.99 Å². The Labute approximate surface area is 260 Å². The maximum Gasteiger partial charge on any atom is 0.165 e. The SMILES string of the molecule is CCC(N=Cc1cccc(F)c1O)C(O)(c1cc(C(C)(C)C)cc(C(C)(C)C)c1)c1cc(C(C)(C)C)cc(C(C)(C)C)c1. The molecule has 3 aromatic carbocycles. The number of phenols is 1. The molecule has 1 unspecified atom stereocenters. The molecule has 0 spiro atoms. The highest BCUT2D eigenvalue weighted by Crippen LogP contribution is 2.43. The highest BCUT2D eigenvalue weighted by Gasteiger charge is 2.42. The van der Waals surface area contributed by atoms with Gasteiger partial charge in [0.05, 0.1) is 6.04 Å². The number of nitrogens with zero attached hydrogens (tertiary/aromatic N) is 1. The Morgan fingerprint density at radius 1 is 0.651 bits per heavy atom. The van der Waals surface area contributed by atoms with E-state index >= 15 is 0 Å². The Kier molecular flexibility index (Phi) is 9.50. The van der Waals surface area contributed by atoms with Gasteiger partial charge in [0.1, 0.15) is 5.60 Å². The number of para-hydroxylation sites is 1. The molecular formula is C39H54FNO2. The molecule has 0 aromatic heterocycles. The molecule has 0 bridgehead atoms. The second-order valence-corrected chi connectivity index (χ2v) is 16.2. The van der Waals surface area contributed by atoms with E-state index in [0.717, 1.165) is 33.4 Å². The predicted molar refractivity (Wildman–Crippen MR) is 180 cm³/mol. The average Bonchev–Trinajstić information content (AvgIpc) is 2.88. The molecule has 0 radical (unpaired) electrons. The van der Waals surface area contributed by atoms with Crippen LogP contribution >= 0.6 is 0 Å². The standard InChI is InChI=1S/C39H54FNO2/c1-14-33(41-24-25-16-15-17-32(40)34(25)42)39(43,30-20-26(35(2,3)4)18-27(21-30)36(5,6)7)31-22-28(37(8,9)10)19-29(23-31)38(11,12)13/h15-24,33,42-43H,14H2,1-13H3. The predicted octanol–water partition coefficient (Wildman–Crippen LogP) is 9.85. The zero-order chi connectivity index (χ0) is 32.8. The van der Waals surface area contributed by atoms with Crippen molar-refractivity contribution in [1.82, 2.24) is 0 Å². The van der Waals surface area contributed by atoms with Gasteiger partial charge in [0.25, 0.3) is 0 Å². The van der Waals surface area contributed by atoms with Crippen molar-refractivity contribution in [2.24, 2.45) is 4.99 Å². The summed E-state index contributed by atoms with van der Waals surface area (Å²) < 4.78 is 14.2. The lowest BCUT2D eigenvalue weighted by molar-refractivity contribution is 0.0509. The van der Waals surface area contributed by atoms with Crippen LogP contribution in [0.2, 0.25) is 0 Å². The summed E-state index contributed by atoms with van der Waals surface area (Å²) in [6.45, 7) is 28.3. The number of aromatic hydroxyl groups is 1. The summed E-state index contributed by atoms with van der Waals surface area (Å²) in [6, 6.07) is 16.8. The van der Waals surface area contributed by atoms with E-state index in [-0.39, 0.29) is 27.2 Å². The molecule has 4 heteroatoms. The topological polar surface area (TPSA) is 52.8 Å². The average molecular weight is 588 g/mol. The fraction of sp³-hybridized carbons (Fsp3) is 0.513. The molecule has 0 aliphatic rings. The lowest BCUT2D eigenvalue weighted by atomic mass is 9.71. The maximum atomic E-state index is 14.2. The van der Waals surface area contributed by atoms with Crippen LogP contribution in [0.5, 0.6) is 5.75 Å². The first-order valence-corrected chi connectivity index (χ1v) is 15.6. The third-order valence-electron chi connectivity index (χ3n) is 8.49. The Morgan fingerprint density at radius 3 is 1.33 bits per heavy atom. The van der Waals surface area contributed by atoms with Crippen LogP contribution in [0.3, 0.4) is 0 Å². The third-order valence-corrected chi connectivity index (χ3v) is 8.49. The number of hydrogen-bond acceptors (Lipinski definition) is 3. The minimum Gasteiger partial charge on any atom is -0.504 e. The quantitative estimate of drug-likeness (QED) is 0.282. The summed E-state index contributed by atoms with van der Waals surface area (Å²) in [4.78, 5) is 4.90. The molecule has 0 fully saturated rings. The molecular weight excluding hydrogens is 533 g/mol. The molecule has 0 heterocycles. The third kappa shape index (κ3) is 7.58. The zero-order valence-corrected chi connectivity index (χ0v) is 28.8. The van der Waals surface area contributed by atoms with Crippen LogP contribution in [0.25, 0.3) is 0 Å². The first-order valence-electron chi connectivity index (χ1n) is 15.6. The molecule has 2 N–H and O–H groups in total. The largest absolute Gasteiger partial charge is 0.504 e. The van der Waals surface area contributed by atoms with E-state index in [1.807, 2.05) is 6.92 Å². The molecule has 3 rings (SSSR count). The Morgan fingerprint density at radius 2 is 1.00 bits per heavy atom. The fourth-order valence-corrected chi connectivity index (χ4v) is 5.29. The number of benzene rings is 3. The van der Waals surface area contributed by atoms with Gasteiger partial charge < -0.3 is 10.2 Å². The summed E-state index contributed by atoms with van der Waals surface area (Å²) in [5, 5.41) is 23.7. The van der Waals surface area contributed by atoms with Crippen LogP contribution in [0.15, 0.2) is 59.6 Å². The van der Waals surface area contributed by atoms with Gasteiger partial charge in [0, 0.05) is 11.8 Å². The van der Waals surface area contributed by atoms with Gasteiger partial charge in [0.15, 0.2) is 11.6 Å². The Bertz CT molecular complexity index is 1330. The minimum atomic E-state index is -1.52. The lowest BCUT2D eigenvalue weighted by Crippen LogP contribution is -2.41. The number of phenolic OH excluding ortho intramolecular Hbond substituents is 1. The molecule has 3 aromatic rings. The molecule has 0 saturated carbocycles. The first-order chi connectivity index (χ1) is 19.5. The number of hydrogen-bond donors (Lipinski definition) is 2. The fourth-order valence-electron chi connectivity index (χ4n) is 5.29. The number of aliphatic hydroxyl groups is 1. The number of rotatable bonds is 6. The summed E-state index contributed by atoms with van der Waals surface area (Å²) >= 11 is 0. The van der Waals surface area contributed by atoms with E-state index in [2.05, 4.69) is 119 Å². The summed E-state index contributed by atoms with van der Waals surface area (Å²) in [5.74, 6) is -1.15. The van der Waals surface area contributed by atoms with Crippen LogP contribution in [0.1, 0.15) is 135 Å². The van der Waals surface area contributed by atoms with Gasteiger partial charge in [0.2, 0.25) is 0 Å². The van der Waals surface area contributed by atoms with Gasteiger partial charge in [-0.25, -0.2) is 4.39 Å². The van der Waals surface area contributed by atoms with Crippen LogP contribution in [-0.4, -0.2) is 22.5 Å². The van der Waals surface area contributed by atoms with Gasteiger partial charge in [-0.15, -0.1) is 0 Å². The van der Waals surface area contributed by atoms with E-state index in [0.29, 0.717) is 6.42 Å². The molecule has 234 valence electrons. The molecule has 0 saturated heterocycles. The van der Waals surface area contributed by atoms with E-state index in [9.17, 15) is 14.6 Å². The lowest BCUT2D eigenvalue weighted by Gasteiger charge is -2.39. The van der Waals surface area contributed by atoms with Crippen LogP contribution in [0.4, 0.5) is 4.39 Å². The van der Waals surface area contributed by atoms with Crippen LogP contribution in [0, 0.1) is 5.82 Å². The molecule has 0 aliphatic carbocycles. The number of aliphatic imine (C=N–C) groups is 1. The first kappa shape index (κ1) is 34.5. The summed E-state index contributed by atoms with van der Waals surface area (Å²) in [6.07, 6.45) is 2.01. The highest BCUT2D eigenvalue weighted by atomic mass is 19.1. The van der Waals surface area contributed by atoms with Crippen LogP contribution in [-0.2, 0) is 27.3 Å². The van der Waals surface area contributed by atoms with Gasteiger partial charge in [-0.3, -0.25) is 4.99 Å². The van der Waals surface area contributed by atoms with Gasteiger partial charge in [-0.1, -0.05) is 132 Å². The second-order valence-electron chi connectivity index (χ2n) is 16.2. The van der Waals surface area contributed by atoms with Crippen molar-refractivity contribution >= 4 is 6.21 Å². The molecule has 0 amide bonds. The van der Waals surface area contributed by atoms with Gasteiger partial charge >= 0.3 is 0 Å². The van der Waals surface area contributed by atoms with E-state index < -0.39 is 23.2 Å². The minimum absolute atomic E-state index is 0.154. The highest BCUT2D eigenvalue weighted by molar-refractivity contribution is 5.83. The van der Waals surface area contributed by atoms with Crippen molar-refractivity contribution in [2.75, 3.05) is 0 Å². The van der Waals surface area contributed by atoms with Gasteiger partial charge in [-0.2, -0.15) is 0 Å². The van der Waals surface area contributed by atoms with E-state index in [1.54, 1.807) is 12.1 Å². The van der Waals surface area contributed by atoms with Gasteiger partial charge in [-0.05, 0) is 73.6 Å². The van der Waals surface area contributed by atoms with Crippen molar-refractivity contribution in [3.8, 4) is 5.75 Å². The van der Waals surface area contributed by atoms with E-state index in [1.165, 1.54) is 12.3 Å². The molecule has 43 heavy (non-hydrogen) atoms. The van der Waals surface area contributed by atoms with Crippen LogP contribution < -0.4 is 0 Å². The monoisotopic (exact) mass is 587 g/mol. The Balaban J connectivity index is 2.49. The summed E-state index contributed by atoms with van der Waals surface area (Å²) in [7, 11) is 0. The Hall–Kier alpha value is -2.98. The smallest absolute Gasteiger partial charge is 0.165 e. The molecule has 0 aliphatic heterocycles. The summed E-state index contributed by atoms with van der Waals surface area (Å²) in [5.41, 5.74) is 4.25.